The molecule has 1 fully saturated rings. The van der Waals surface area contributed by atoms with Gasteiger partial charge in [-0.25, -0.2) is 0 Å². The highest BCUT2D eigenvalue weighted by atomic mass is 16.3. The van der Waals surface area contributed by atoms with Crippen molar-refractivity contribution >= 4 is 5.91 Å². The average Bonchev–Trinajstić information content (AvgIpc) is 2.16. The maximum absolute atomic E-state index is 11.6. The monoisotopic (exact) mass is 206 g/mol. The first-order valence-corrected chi connectivity index (χ1v) is 5.00. The summed E-state index contributed by atoms with van der Waals surface area (Å²) < 4.78 is 0. The molecule has 4 heteroatoms. The number of aromatic hydroxyl groups is 1. The summed E-state index contributed by atoms with van der Waals surface area (Å²) in [6.07, 6.45) is 1.70. The number of phenols is 1. The number of nitrogens with one attached hydrogen (secondary N) is 1. The Bertz CT molecular complexity index is 355. The van der Waals surface area contributed by atoms with Gasteiger partial charge in [-0.3, -0.25) is 4.79 Å². The van der Waals surface area contributed by atoms with E-state index in [0.29, 0.717) is 5.56 Å². The Morgan fingerprint density at radius 3 is 2.47 bits per heavy atom. The summed E-state index contributed by atoms with van der Waals surface area (Å²) in [7, 11) is 0. The van der Waals surface area contributed by atoms with Crippen LogP contribution in [0.15, 0.2) is 24.3 Å². The molecule has 2 rings (SSSR count). The lowest BCUT2D eigenvalue weighted by atomic mass is 9.87. The number of rotatable bonds is 2. The van der Waals surface area contributed by atoms with Crippen molar-refractivity contribution in [2.45, 2.75) is 24.9 Å². The third-order valence-corrected chi connectivity index (χ3v) is 2.64. The first-order valence-electron chi connectivity index (χ1n) is 5.00. The van der Waals surface area contributed by atoms with Crippen molar-refractivity contribution in [2.75, 3.05) is 0 Å². The minimum Gasteiger partial charge on any atom is -0.508 e. The van der Waals surface area contributed by atoms with E-state index in [1.54, 1.807) is 12.1 Å². The van der Waals surface area contributed by atoms with Crippen LogP contribution < -0.4 is 11.1 Å². The van der Waals surface area contributed by atoms with Crippen LogP contribution in [-0.4, -0.2) is 23.1 Å². The number of carbonyl (C=O) groups excluding carboxylic acids is 1. The Balaban J connectivity index is 1.93. The van der Waals surface area contributed by atoms with Crippen molar-refractivity contribution < 1.29 is 9.90 Å². The van der Waals surface area contributed by atoms with Gasteiger partial charge in [0.15, 0.2) is 0 Å². The van der Waals surface area contributed by atoms with E-state index in [0.717, 1.165) is 12.8 Å². The molecule has 0 bridgehead atoms. The van der Waals surface area contributed by atoms with Gasteiger partial charge in [0.05, 0.1) is 0 Å². The number of carbonyl (C=O) groups is 1. The number of nitrogens with two attached hydrogens (primary N) is 1. The molecular weight excluding hydrogens is 192 g/mol. The highest BCUT2D eigenvalue weighted by Crippen LogP contribution is 2.18. The molecule has 15 heavy (non-hydrogen) atoms. The molecule has 0 aromatic heterocycles. The number of phenolic OH excluding ortho intramolecular Hbond substituents is 1. The van der Waals surface area contributed by atoms with E-state index in [1.807, 2.05) is 0 Å². The highest BCUT2D eigenvalue weighted by molar-refractivity contribution is 5.94. The second kappa shape index (κ2) is 3.90. The van der Waals surface area contributed by atoms with E-state index >= 15 is 0 Å². The summed E-state index contributed by atoms with van der Waals surface area (Å²) >= 11 is 0. The Labute approximate surface area is 88.1 Å². The van der Waals surface area contributed by atoms with Crippen LogP contribution in [0.5, 0.6) is 5.75 Å². The van der Waals surface area contributed by atoms with Crippen LogP contribution in [0, 0.1) is 0 Å². The average molecular weight is 206 g/mol. The predicted octanol–water partition coefficient (Wildman–Crippen LogP) is 0.612. The summed E-state index contributed by atoms with van der Waals surface area (Å²) in [6, 6.07) is 6.64. The zero-order chi connectivity index (χ0) is 10.8. The van der Waals surface area contributed by atoms with E-state index in [1.165, 1.54) is 12.1 Å². The van der Waals surface area contributed by atoms with Gasteiger partial charge in [-0.1, -0.05) is 0 Å². The van der Waals surface area contributed by atoms with Gasteiger partial charge in [0.1, 0.15) is 5.75 Å². The van der Waals surface area contributed by atoms with Crippen molar-refractivity contribution in [3.8, 4) is 5.75 Å². The summed E-state index contributed by atoms with van der Waals surface area (Å²) in [5.74, 6) is 0.0594. The topological polar surface area (TPSA) is 75.3 Å². The SMILES string of the molecule is NC1CC(NC(=O)c2ccc(O)cc2)C1. The largest absolute Gasteiger partial charge is 0.508 e. The lowest BCUT2D eigenvalue weighted by Crippen LogP contribution is -2.50. The molecule has 1 aromatic rings. The van der Waals surface area contributed by atoms with Gasteiger partial charge in [-0.15, -0.1) is 0 Å². The van der Waals surface area contributed by atoms with Crippen molar-refractivity contribution in [1.29, 1.82) is 0 Å². The Kier molecular flexibility index (Phi) is 2.60. The number of hydrogen-bond acceptors (Lipinski definition) is 3. The van der Waals surface area contributed by atoms with Crippen molar-refractivity contribution in [2.24, 2.45) is 5.73 Å². The van der Waals surface area contributed by atoms with Crippen LogP contribution in [-0.2, 0) is 0 Å². The van der Waals surface area contributed by atoms with Crippen LogP contribution in [0.2, 0.25) is 0 Å². The first-order chi connectivity index (χ1) is 7.15. The van der Waals surface area contributed by atoms with Crippen LogP contribution in [0.1, 0.15) is 23.2 Å². The van der Waals surface area contributed by atoms with Gasteiger partial charge in [0.2, 0.25) is 0 Å². The molecule has 1 aliphatic rings. The molecule has 0 heterocycles. The maximum atomic E-state index is 11.6. The highest BCUT2D eigenvalue weighted by Gasteiger charge is 2.27. The van der Waals surface area contributed by atoms with Crippen molar-refractivity contribution in [3.05, 3.63) is 29.8 Å². The van der Waals surface area contributed by atoms with Crippen molar-refractivity contribution in [3.63, 3.8) is 0 Å². The quantitative estimate of drug-likeness (QED) is 0.663. The minimum absolute atomic E-state index is 0.105. The summed E-state index contributed by atoms with van der Waals surface area (Å²) in [6.45, 7) is 0. The third kappa shape index (κ3) is 2.27. The van der Waals surface area contributed by atoms with Gasteiger partial charge >= 0.3 is 0 Å². The van der Waals surface area contributed by atoms with E-state index in [-0.39, 0.29) is 23.7 Å². The molecule has 0 atom stereocenters. The minimum atomic E-state index is -0.105. The standard InChI is InChI=1S/C11H14N2O2/c12-8-5-9(6-8)13-11(15)7-1-3-10(14)4-2-7/h1-4,8-9,14H,5-6,12H2,(H,13,15). The van der Waals surface area contributed by atoms with E-state index in [9.17, 15) is 4.79 Å². The lowest BCUT2D eigenvalue weighted by Gasteiger charge is -2.32. The number of benzene rings is 1. The van der Waals surface area contributed by atoms with Gasteiger partial charge in [-0.05, 0) is 37.1 Å². The fourth-order valence-corrected chi connectivity index (χ4v) is 1.66. The molecule has 4 N–H and O–H groups in total. The molecular formula is C11H14N2O2. The molecule has 1 amide bonds. The van der Waals surface area contributed by atoms with Crippen LogP contribution >= 0.6 is 0 Å². The number of hydrogen-bond donors (Lipinski definition) is 3. The normalized spacial score (nSPS) is 24.3. The molecule has 4 nitrogen and oxygen atoms in total. The smallest absolute Gasteiger partial charge is 0.251 e. The lowest BCUT2D eigenvalue weighted by molar-refractivity contribution is 0.0910. The van der Waals surface area contributed by atoms with Crippen molar-refractivity contribution in [1.82, 2.24) is 5.32 Å². The molecule has 1 aliphatic carbocycles. The first kappa shape index (κ1) is 9.98. The third-order valence-electron chi connectivity index (χ3n) is 2.64. The second-order valence-corrected chi connectivity index (χ2v) is 3.95. The molecule has 80 valence electrons. The van der Waals surface area contributed by atoms with Crippen LogP contribution in [0.4, 0.5) is 0 Å². The molecule has 0 radical (unpaired) electrons. The Morgan fingerprint density at radius 2 is 1.93 bits per heavy atom. The predicted molar refractivity (Wildman–Crippen MR) is 56.6 cm³/mol. The van der Waals surface area contributed by atoms with Crippen LogP contribution in [0.3, 0.4) is 0 Å². The zero-order valence-corrected chi connectivity index (χ0v) is 8.31. The summed E-state index contributed by atoms with van der Waals surface area (Å²) in [4.78, 5) is 11.6. The van der Waals surface area contributed by atoms with Gasteiger partial charge in [0.25, 0.3) is 5.91 Å². The van der Waals surface area contributed by atoms with Gasteiger partial charge < -0.3 is 16.2 Å². The molecule has 0 unspecified atom stereocenters. The maximum Gasteiger partial charge on any atom is 0.251 e. The van der Waals surface area contributed by atoms with Gasteiger partial charge in [-0.2, -0.15) is 0 Å². The van der Waals surface area contributed by atoms with E-state index in [2.05, 4.69) is 5.32 Å². The van der Waals surface area contributed by atoms with Gasteiger partial charge in [0, 0.05) is 17.6 Å². The van der Waals surface area contributed by atoms with E-state index < -0.39 is 0 Å². The second-order valence-electron chi connectivity index (χ2n) is 3.95. The molecule has 1 saturated carbocycles. The summed E-state index contributed by atoms with van der Waals surface area (Å²) in [5, 5.41) is 11.9. The molecule has 0 saturated heterocycles. The summed E-state index contributed by atoms with van der Waals surface area (Å²) in [5.41, 5.74) is 6.18. The number of amides is 1. The molecule has 0 aliphatic heterocycles. The molecule has 1 aromatic carbocycles. The fraction of sp³-hybridized carbons (Fsp3) is 0.364. The molecule has 0 spiro atoms. The van der Waals surface area contributed by atoms with E-state index in [4.69, 9.17) is 10.8 Å². The Hall–Kier alpha value is -1.55. The van der Waals surface area contributed by atoms with Crippen LogP contribution in [0.25, 0.3) is 0 Å². The fourth-order valence-electron chi connectivity index (χ4n) is 1.66. The Morgan fingerprint density at radius 1 is 1.33 bits per heavy atom. The zero-order valence-electron chi connectivity index (χ0n) is 8.31.